The lowest BCUT2D eigenvalue weighted by Crippen LogP contribution is -2.54. The monoisotopic (exact) mass is 428 g/mol. The van der Waals surface area contributed by atoms with Gasteiger partial charge in [-0.25, -0.2) is 0 Å². The van der Waals surface area contributed by atoms with Gasteiger partial charge >= 0.3 is 0 Å². The van der Waals surface area contributed by atoms with Gasteiger partial charge in [0.15, 0.2) is 0 Å². The molecule has 1 aromatic carbocycles. The summed E-state index contributed by atoms with van der Waals surface area (Å²) in [5, 5.41) is 3.21. The van der Waals surface area contributed by atoms with Crippen LogP contribution in [0.3, 0.4) is 0 Å². The van der Waals surface area contributed by atoms with Gasteiger partial charge in [-0.1, -0.05) is 30.3 Å². The second-order valence-electron chi connectivity index (χ2n) is 9.15. The normalized spacial score (nSPS) is 19.1. The van der Waals surface area contributed by atoms with Crippen LogP contribution in [0.2, 0.25) is 0 Å². The van der Waals surface area contributed by atoms with E-state index in [-0.39, 0.29) is 11.9 Å². The van der Waals surface area contributed by atoms with Gasteiger partial charge in [-0.15, -0.1) is 0 Å². The number of carbonyl (C=O) groups excluding carboxylic acids is 1. The van der Waals surface area contributed by atoms with Crippen molar-refractivity contribution in [1.82, 2.24) is 20.2 Å². The molecule has 5 nitrogen and oxygen atoms in total. The Labute approximate surface area is 190 Å². The minimum absolute atomic E-state index is 0.125. The number of hydrogen-bond donors (Lipinski definition) is 1. The Balaban J connectivity index is 1.55. The third-order valence-electron chi connectivity index (χ3n) is 6.18. The number of amides is 1. The standard InChI is InChI=1S/C27H32N4O/c1-21(2)30-26(32)27(13-5-17-31(20-27)19-25-6-3-4-14-29-25)18-22-7-9-23(10-8-22)24-11-15-28-16-12-24/h3-4,6-12,14-16,21H,5,13,17-20H2,1-2H3,(H,30,32). The summed E-state index contributed by atoms with van der Waals surface area (Å²) in [6.45, 7) is 6.58. The molecule has 4 rings (SSSR count). The zero-order valence-electron chi connectivity index (χ0n) is 19.0. The first kappa shape index (κ1) is 22.2. The highest BCUT2D eigenvalue weighted by Crippen LogP contribution is 2.35. The van der Waals surface area contributed by atoms with Crippen LogP contribution in [0, 0.1) is 5.41 Å². The molecule has 2 aromatic heterocycles. The largest absolute Gasteiger partial charge is 0.353 e. The summed E-state index contributed by atoms with van der Waals surface area (Å²) >= 11 is 0. The quantitative estimate of drug-likeness (QED) is 0.602. The average Bonchev–Trinajstić information content (AvgIpc) is 2.81. The fourth-order valence-corrected chi connectivity index (χ4v) is 4.66. The lowest BCUT2D eigenvalue weighted by Gasteiger charge is -2.42. The molecule has 3 heterocycles. The molecule has 0 aliphatic carbocycles. The Hall–Kier alpha value is -3.05. The van der Waals surface area contributed by atoms with Crippen molar-refractivity contribution >= 4 is 5.91 Å². The molecule has 166 valence electrons. The van der Waals surface area contributed by atoms with Gasteiger partial charge in [0.25, 0.3) is 0 Å². The van der Waals surface area contributed by atoms with Crippen LogP contribution in [0.4, 0.5) is 0 Å². The summed E-state index contributed by atoms with van der Waals surface area (Å²) in [4.78, 5) is 24.4. The highest BCUT2D eigenvalue weighted by atomic mass is 16.2. The molecule has 1 atom stereocenters. The molecule has 1 amide bonds. The molecule has 1 aliphatic rings. The molecule has 1 N–H and O–H groups in total. The molecule has 1 aliphatic heterocycles. The summed E-state index contributed by atoms with van der Waals surface area (Å²) in [6, 6.07) is 18.8. The predicted octanol–water partition coefficient (Wildman–Crippen LogP) is 4.49. The highest BCUT2D eigenvalue weighted by Gasteiger charge is 2.42. The number of piperidine rings is 1. The van der Waals surface area contributed by atoms with E-state index in [0.29, 0.717) is 0 Å². The van der Waals surface area contributed by atoms with Crippen LogP contribution in [-0.4, -0.2) is 39.9 Å². The van der Waals surface area contributed by atoms with Crippen molar-refractivity contribution in [3.05, 3.63) is 84.4 Å². The van der Waals surface area contributed by atoms with Crippen LogP contribution in [0.25, 0.3) is 11.1 Å². The van der Waals surface area contributed by atoms with Gasteiger partial charge in [-0.2, -0.15) is 0 Å². The topological polar surface area (TPSA) is 58.1 Å². The first-order valence-electron chi connectivity index (χ1n) is 11.5. The molecule has 1 saturated heterocycles. The molecule has 32 heavy (non-hydrogen) atoms. The van der Waals surface area contributed by atoms with Crippen molar-refractivity contribution in [2.24, 2.45) is 5.41 Å². The Bertz CT molecular complexity index is 1000. The van der Waals surface area contributed by atoms with E-state index >= 15 is 0 Å². The lowest BCUT2D eigenvalue weighted by atomic mass is 9.74. The fourth-order valence-electron chi connectivity index (χ4n) is 4.66. The number of likely N-dealkylation sites (tertiary alicyclic amines) is 1. The Kier molecular flexibility index (Phi) is 6.96. The van der Waals surface area contributed by atoms with Crippen molar-refractivity contribution in [2.75, 3.05) is 13.1 Å². The minimum Gasteiger partial charge on any atom is -0.353 e. The lowest BCUT2D eigenvalue weighted by molar-refractivity contribution is -0.135. The van der Waals surface area contributed by atoms with Gasteiger partial charge in [-0.05, 0) is 80.6 Å². The zero-order valence-corrected chi connectivity index (χ0v) is 19.0. The Morgan fingerprint density at radius 1 is 1.03 bits per heavy atom. The van der Waals surface area contributed by atoms with Crippen LogP contribution in [-0.2, 0) is 17.8 Å². The smallest absolute Gasteiger partial charge is 0.228 e. The summed E-state index contributed by atoms with van der Waals surface area (Å²) in [5.74, 6) is 0.163. The van der Waals surface area contributed by atoms with Gasteiger partial charge in [0.1, 0.15) is 0 Å². The number of hydrogen-bond acceptors (Lipinski definition) is 4. The summed E-state index contributed by atoms with van der Waals surface area (Å²) < 4.78 is 0. The maximum Gasteiger partial charge on any atom is 0.228 e. The number of aromatic nitrogens is 2. The summed E-state index contributed by atoms with van der Waals surface area (Å²) in [5.41, 5.74) is 4.13. The van der Waals surface area contributed by atoms with Crippen LogP contribution < -0.4 is 5.32 Å². The maximum atomic E-state index is 13.5. The molecule has 0 radical (unpaired) electrons. The molecular weight excluding hydrogens is 396 g/mol. The first-order chi connectivity index (χ1) is 15.5. The minimum atomic E-state index is -0.435. The SMILES string of the molecule is CC(C)NC(=O)C1(Cc2ccc(-c3ccncc3)cc2)CCCN(Cc2ccccn2)C1. The summed E-state index contributed by atoms with van der Waals surface area (Å²) in [7, 11) is 0. The van der Waals surface area contributed by atoms with Crippen molar-refractivity contribution in [1.29, 1.82) is 0 Å². The fraction of sp³-hybridized carbons (Fsp3) is 0.370. The Morgan fingerprint density at radius 3 is 2.47 bits per heavy atom. The van der Waals surface area contributed by atoms with Gasteiger partial charge in [-0.3, -0.25) is 19.7 Å². The predicted molar refractivity (Wildman–Crippen MR) is 128 cm³/mol. The third-order valence-corrected chi connectivity index (χ3v) is 6.18. The van der Waals surface area contributed by atoms with E-state index in [9.17, 15) is 4.79 Å². The number of nitrogens with one attached hydrogen (secondary N) is 1. The highest BCUT2D eigenvalue weighted by molar-refractivity contribution is 5.83. The van der Waals surface area contributed by atoms with Crippen LogP contribution >= 0.6 is 0 Å². The maximum absolute atomic E-state index is 13.5. The molecule has 1 unspecified atom stereocenters. The van der Waals surface area contributed by atoms with Gasteiger partial charge in [0.2, 0.25) is 5.91 Å². The Morgan fingerprint density at radius 2 is 1.78 bits per heavy atom. The number of rotatable bonds is 7. The molecule has 0 bridgehead atoms. The van der Waals surface area contributed by atoms with Crippen molar-refractivity contribution in [3.8, 4) is 11.1 Å². The van der Waals surface area contributed by atoms with E-state index in [1.54, 1.807) is 0 Å². The van der Waals surface area contributed by atoms with E-state index in [0.717, 1.165) is 55.7 Å². The van der Waals surface area contributed by atoms with Crippen molar-refractivity contribution < 1.29 is 4.79 Å². The van der Waals surface area contributed by atoms with Gasteiger partial charge < -0.3 is 5.32 Å². The summed E-state index contributed by atoms with van der Waals surface area (Å²) in [6.07, 6.45) is 8.10. The number of pyridine rings is 2. The second-order valence-corrected chi connectivity index (χ2v) is 9.15. The van der Waals surface area contributed by atoms with Crippen molar-refractivity contribution in [2.45, 2.75) is 45.7 Å². The van der Waals surface area contributed by atoms with Crippen LogP contribution in [0.1, 0.15) is 37.9 Å². The first-order valence-corrected chi connectivity index (χ1v) is 11.5. The van der Waals surface area contributed by atoms with E-state index < -0.39 is 5.41 Å². The molecule has 3 aromatic rings. The van der Waals surface area contributed by atoms with Crippen LogP contribution in [0.5, 0.6) is 0 Å². The van der Waals surface area contributed by atoms with E-state index in [2.05, 4.69) is 50.5 Å². The van der Waals surface area contributed by atoms with E-state index in [1.165, 1.54) is 5.56 Å². The van der Waals surface area contributed by atoms with Crippen molar-refractivity contribution in [3.63, 3.8) is 0 Å². The van der Waals surface area contributed by atoms with E-state index in [1.807, 2.05) is 56.7 Å². The molecular formula is C27H32N4O. The average molecular weight is 429 g/mol. The zero-order chi connectivity index (χ0) is 22.4. The molecule has 0 saturated carbocycles. The number of nitrogens with zero attached hydrogens (tertiary/aromatic N) is 3. The third kappa shape index (κ3) is 5.40. The molecule has 5 heteroatoms. The van der Waals surface area contributed by atoms with Gasteiger partial charge in [0.05, 0.1) is 11.1 Å². The van der Waals surface area contributed by atoms with Gasteiger partial charge in [0, 0.05) is 37.7 Å². The molecule has 0 spiro atoms. The number of carbonyl (C=O) groups is 1. The second kappa shape index (κ2) is 10.0. The van der Waals surface area contributed by atoms with Crippen LogP contribution in [0.15, 0.2) is 73.2 Å². The molecule has 1 fully saturated rings. The number of benzene rings is 1. The van der Waals surface area contributed by atoms with E-state index in [4.69, 9.17) is 0 Å².